The zero-order chi connectivity index (χ0) is 14.8. The van der Waals surface area contributed by atoms with Gasteiger partial charge in [0, 0.05) is 0 Å². The average molecular weight is 306 g/mol. The molecule has 2 spiro atoms. The van der Waals surface area contributed by atoms with Gasteiger partial charge in [-0.3, -0.25) is 0 Å². The molecule has 21 heavy (non-hydrogen) atoms. The van der Waals surface area contributed by atoms with Gasteiger partial charge in [0.1, 0.15) is 49.8 Å². The predicted octanol–water partition coefficient (Wildman–Crippen LogP) is -3.30. The zero-order valence-corrected chi connectivity index (χ0v) is 11.1. The first-order chi connectivity index (χ1) is 9.97. The molecule has 0 aromatic heterocycles. The maximum Gasteiger partial charge on any atom is 0.222 e. The van der Waals surface area contributed by atoms with Crippen LogP contribution < -0.4 is 0 Å². The van der Waals surface area contributed by atoms with Crippen LogP contribution in [0.4, 0.5) is 0 Å². The summed E-state index contributed by atoms with van der Waals surface area (Å²) < 4.78 is 27.7. The molecule has 4 fully saturated rings. The molecule has 0 aromatic rings. The topological polar surface area (TPSA) is 127 Å². The summed E-state index contributed by atoms with van der Waals surface area (Å²) in [5.41, 5.74) is 0. The number of aliphatic hydroxyl groups excluding tert-OH is 4. The van der Waals surface area contributed by atoms with Gasteiger partial charge >= 0.3 is 0 Å². The van der Waals surface area contributed by atoms with Crippen LogP contribution >= 0.6 is 0 Å². The Labute approximate surface area is 119 Å². The van der Waals surface area contributed by atoms with Gasteiger partial charge in [-0.15, -0.1) is 0 Å². The fraction of sp³-hybridized carbons (Fsp3) is 1.00. The third-order valence-electron chi connectivity index (χ3n) is 4.62. The lowest BCUT2D eigenvalue weighted by atomic mass is 9.96. The second kappa shape index (κ2) is 4.57. The summed E-state index contributed by atoms with van der Waals surface area (Å²) in [7, 11) is 0. The van der Waals surface area contributed by atoms with Crippen LogP contribution in [0.15, 0.2) is 0 Å². The van der Waals surface area contributed by atoms with E-state index in [0.29, 0.717) is 6.61 Å². The Hall–Kier alpha value is -0.360. The van der Waals surface area contributed by atoms with E-state index in [1.165, 1.54) is 0 Å². The van der Waals surface area contributed by atoms with Gasteiger partial charge in [0.05, 0.1) is 13.2 Å². The molecule has 0 aromatic carbocycles. The van der Waals surface area contributed by atoms with Crippen LogP contribution in [0.5, 0.6) is 0 Å². The van der Waals surface area contributed by atoms with Crippen molar-refractivity contribution in [1.82, 2.24) is 0 Å². The van der Waals surface area contributed by atoms with Crippen LogP contribution in [-0.2, 0) is 23.7 Å². The minimum absolute atomic E-state index is 0.120. The van der Waals surface area contributed by atoms with Crippen molar-refractivity contribution in [2.45, 2.75) is 48.2 Å². The van der Waals surface area contributed by atoms with Gasteiger partial charge in [0.15, 0.2) is 0 Å². The van der Waals surface area contributed by atoms with Gasteiger partial charge in [0.25, 0.3) is 0 Å². The number of ether oxygens (including phenoxy) is 5. The smallest absolute Gasteiger partial charge is 0.222 e. The molecule has 2 bridgehead atoms. The molecule has 9 heteroatoms. The molecule has 4 N–H and O–H groups in total. The molecule has 4 aliphatic heterocycles. The maximum absolute atomic E-state index is 10.1. The molecular formula is C12H18O9. The van der Waals surface area contributed by atoms with Gasteiger partial charge in [0.2, 0.25) is 11.6 Å². The van der Waals surface area contributed by atoms with Crippen molar-refractivity contribution < 1.29 is 44.1 Å². The lowest BCUT2D eigenvalue weighted by molar-refractivity contribution is -0.438. The number of hydrogen-bond acceptors (Lipinski definition) is 9. The van der Waals surface area contributed by atoms with E-state index in [4.69, 9.17) is 23.7 Å². The first-order valence-corrected chi connectivity index (χ1v) is 6.91. The molecule has 9 nitrogen and oxygen atoms in total. The quantitative estimate of drug-likeness (QED) is 0.364. The summed E-state index contributed by atoms with van der Waals surface area (Å²) in [4.78, 5) is 0. The zero-order valence-electron chi connectivity index (χ0n) is 11.1. The molecule has 0 radical (unpaired) electrons. The fourth-order valence-corrected chi connectivity index (χ4v) is 3.30. The summed E-state index contributed by atoms with van der Waals surface area (Å²) in [5, 5.41) is 39.2. The number of rotatable bonds is 0. The Balaban J connectivity index is 1.50. The SMILES string of the molecule is O[C@@H]1[C@H](O)CO[C@]2(CO[C@@]3(CO2)O[C@@H]2CO[C@H]3[C@@H]2O)[C@H]1O. The van der Waals surface area contributed by atoms with E-state index in [9.17, 15) is 20.4 Å². The van der Waals surface area contributed by atoms with Crippen LogP contribution in [0.3, 0.4) is 0 Å². The predicted molar refractivity (Wildman–Crippen MR) is 62.0 cm³/mol. The summed E-state index contributed by atoms with van der Waals surface area (Å²) >= 11 is 0. The lowest BCUT2D eigenvalue weighted by Gasteiger charge is -2.51. The van der Waals surface area contributed by atoms with Gasteiger partial charge in [-0.1, -0.05) is 0 Å². The van der Waals surface area contributed by atoms with E-state index in [0.717, 1.165) is 0 Å². The Morgan fingerprint density at radius 2 is 1.52 bits per heavy atom. The summed E-state index contributed by atoms with van der Waals surface area (Å²) in [6.45, 7) is -0.213. The normalized spacial score (nSPS) is 60.0. The van der Waals surface area contributed by atoms with Gasteiger partial charge in [-0.2, -0.15) is 0 Å². The number of aliphatic hydroxyl groups is 4. The van der Waals surface area contributed by atoms with Crippen LogP contribution in [-0.4, -0.2) is 95.1 Å². The molecule has 4 heterocycles. The summed E-state index contributed by atoms with van der Waals surface area (Å²) in [5.74, 6) is -2.78. The van der Waals surface area contributed by atoms with Crippen molar-refractivity contribution in [2.75, 3.05) is 26.4 Å². The largest absolute Gasteiger partial charge is 0.388 e. The molecule has 120 valence electrons. The summed E-state index contributed by atoms with van der Waals surface area (Å²) in [6, 6.07) is 0. The molecule has 0 amide bonds. The first kappa shape index (κ1) is 14.2. The van der Waals surface area contributed by atoms with Gasteiger partial charge in [-0.25, -0.2) is 0 Å². The molecule has 0 saturated carbocycles. The van der Waals surface area contributed by atoms with Crippen LogP contribution in [0.25, 0.3) is 0 Å². The highest BCUT2D eigenvalue weighted by Gasteiger charge is 2.66. The molecular weight excluding hydrogens is 288 g/mol. The third kappa shape index (κ3) is 1.84. The Bertz CT molecular complexity index is 421. The standard InChI is InChI=1S/C12H18O9/c13-5-1-18-11(9(16)7(5)14)3-20-12(4-19-11)10-8(15)6(21-12)2-17-10/h5-10,13-16H,1-4H2/t5-,6-,7-,8-,9+,10+,11+,12+/m1/s1. The second-order valence-electron chi connectivity index (χ2n) is 5.92. The lowest BCUT2D eigenvalue weighted by Crippen LogP contribution is -2.69. The van der Waals surface area contributed by atoms with Crippen LogP contribution in [0.1, 0.15) is 0 Å². The average Bonchev–Trinajstić information content (AvgIpc) is 2.97. The highest BCUT2D eigenvalue weighted by molar-refractivity contribution is 5.05. The Morgan fingerprint density at radius 1 is 0.810 bits per heavy atom. The van der Waals surface area contributed by atoms with E-state index >= 15 is 0 Å². The monoisotopic (exact) mass is 306 g/mol. The maximum atomic E-state index is 10.1. The third-order valence-corrected chi connectivity index (χ3v) is 4.62. The molecule has 4 saturated heterocycles. The van der Waals surface area contributed by atoms with Crippen molar-refractivity contribution in [1.29, 1.82) is 0 Å². The molecule has 0 aliphatic carbocycles. The van der Waals surface area contributed by atoms with Crippen molar-refractivity contribution in [3.05, 3.63) is 0 Å². The van der Waals surface area contributed by atoms with E-state index in [-0.39, 0.29) is 19.8 Å². The van der Waals surface area contributed by atoms with Crippen molar-refractivity contribution in [3.8, 4) is 0 Å². The highest BCUT2D eigenvalue weighted by atomic mass is 16.8. The Kier molecular flexibility index (Phi) is 3.10. The minimum atomic E-state index is -1.56. The van der Waals surface area contributed by atoms with E-state index in [2.05, 4.69) is 0 Å². The van der Waals surface area contributed by atoms with E-state index in [1.54, 1.807) is 0 Å². The summed E-state index contributed by atoms with van der Waals surface area (Å²) in [6.07, 6.45) is -5.93. The van der Waals surface area contributed by atoms with Gasteiger partial charge in [-0.05, 0) is 0 Å². The minimum Gasteiger partial charge on any atom is -0.388 e. The van der Waals surface area contributed by atoms with E-state index in [1.807, 2.05) is 0 Å². The molecule has 4 rings (SSSR count). The molecule has 0 unspecified atom stereocenters. The molecule has 8 atom stereocenters. The van der Waals surface area contributed by atoms with Crippen molar-refractivity contribution in [3.63, 3.8) is 0 Å². The number of fused-ring (bicyclic) bond motifs is 3. The fourth-order valence-electron chi connectivity index (χ4n) is 3.30. The van der Waals surface area contributed by atoms with E-state index < -0.39 is 48.2 Å². The van der Waals surface area contributed by atoms with Crippen LogP contribution in [0, 0.1) is 0 Å². The van der Waals surface area contributed by atoms with Crippen LogP contribution in [0.2, 0.25) is 0 Å². The van der Waals surface area contributed by atoms with Crippen molar-refractivity contribution in [2.24, 2.45) is 0 Å². The number of hydrogen-bond donors (Lipinski definition) is 4. The highest BCUT2D eigenvalue weighted by Crippen LogP contribution is 2.44. The second-order valence-corrected chi connectivity index (χ2v) is 5.92. The van der Waals surface area contributed by atoms with Crippen molar-refractivity contribution >= 4 is 0 Å². The van der Waals surface area contributed by atoms with Gasteiger partial charge < -0.3 is 44.1 Å². The Morgan fingerprint density at radius 3 is 2.10 bits per heavy atom. The first-order valence-electron chi connectivity index (χ1n) is 6.91. The molecule has 4 aliphatic rings.